The molecule has 3 nitrogen and oxygen atoms in total. The highest BCUT2D eigenvalue weighted by Crippen LogP contribution is 2.20. The van der Waals surface area contributed by atoms with Gasteiger partial charge in [-0.3, -0.25) is 9.59 Å². The van der Waals surface area contributed by atoms with E-state index in [9.17, 15) is 14.0 Å². The van der Waals surface area contributed by atoms with Crippen molar-refractivity contribution >= 4 is 11.6 Å². The van der Waals surface area contributed by atoms with Crippen LogP contribution in [-0.4, -0.2) is 18.2 Å². The number of rotatable bonds is 8. The zero-order chi connectivity index (χ0) is 15.0. The van der Waals surface area contributed by atoms with E-state index in [1.165, 1.54) is 30.3 Å². The molecule has 0 aliphatic rings. The Kier molecular flexibility index (Phi) is 6.81. The minimum atomic E-state index is -0.720. The second-order valence-corrected chi connectivity index (χ2v) is 4.31. The van der Waals surface area contributed by atoms with Gasteiger partial charge in [0.05, 0.1) is 6.61 Å². The van der Waals surface area contributed by atoms with Crippen LogP contribution in [0.1, 0.15) is 38.4 Å². The lowest BCUT2D eigenvalue weighted by Crippen LogP contribution is -2.15. The van der Waals surface area contributed by atoms with Gasteiger partial charge < -0.3 is 4.74 Å². The lowest BCUT2D eigenvalue weighted by atomic mass is 10.0. The number of ketones is 2. The van der Waals surface area contributed by atoms with Gasteiger partial charge in [0.25, 0.3) is 0 Å². The number of hydrogen-bond acceptors (Lipinski definition) is 3. The Balaban J connectivity index is 2.71. The summed E-state index contributed by atoms with van der Waals surface area (Å²) in [5.41, 5.74) is 0.619. The van der Waals surface area contributed by atoms with Crippen LogP contribution in [0.2, 0.25) is 0 Å². The molecule has 0 saturated carbocycles. The Morgan fingerprint density at radius 2 is 1.85 bits per heavy atom. The largest absolute Gasteiger partial charge is 0.362 e. The zero-order valence-electron chi connectivity index (χ0n) is 11.8. The molecular formula is C16H19FO3. The van der Waals surface area contributed by atoms with Gasteiger partial charge in [-0.25, -0.2) is 4.39 Å². The molecule has 1 atom stereocenters. The molecule has 0 saturated heterocycles. The fraction of sp³-hybridized carbons (Fsp3) is 0.375. The first kappa shape index (κ1) is 16.2. The molecule has 0 bridgehead atoms. The fourth-order valence-corrected chi connectivity index (χ4v) is 1.65. The molecule has 0 N–H and O–H groups in total. The van der Waals surface area contributed by atoms with Crippen LogP contribution in [0, 0.1) is 5.82 Å². The minimum absolute atomic E-state index is 0.00810. The molecule has 0 aromatic heterocycles. The van der Waals surface area contributed by atoms with Crippen molar-refractivity contribution in [2.24, 2.45) is 0 Å². The van der Waals surface area contributed by atoms with Gasteiger partial charge in [-0.15, -0.1) is 0 Å². The van der Waals surface area contributed by atoms with Crippen molar-refractivity contribution in [1.82, 2.24) is 0 Å². The zero-order valence-corrected chi connectivity index (χ0v) is 11.8. The molecule has 0 heterocycles. The highest BCUT2D eigenvalue weighted by atomic mass is 19.1. The van der Waals surface area contributed by atoms with Crippen molar-refractivity contribution in [2.75, 3.05) is 6.61 Å². The molecule has 20 heavy (non-hydrogen) atoms. The van der Waals surface area contributed by atoms with E-state index >= 15 is 0 Å². The van der Waals surface area contributed by atoms with Gasteiger partial charge in [0.15, 0.2) is 11.6 Å². The van der Waals surface area contributed by atoms with Crippen LogP contribution < -0.4 is 0 Å². The average molecular weight is 278 g/mol. The molecule has 0 radical (unpaired) electrons. The van der Waals surface area contributed by atoms with Crippen LogP contribution in [0.5, 0.6) is 0 Å². The molecule has 0 aliphatic carbocycles. The monoisotopic (exact) mass is 278 g/mol. The number of Topliss-reactive ketones (excluding diaryl/α,β-unsaturated/α-hetero) is 1. The van der Waals surface area contributed by atoms with E-state index in [1.807, 2.05) is 0 Å². The van der Waals surface area contributed by atoms with Crippen LogP contribution in [0.15, 0.2) is 36.4 Å². The molecule has 0 spiro atoms. The number of hydrogen-bond donors (Lipinski definition) is 0. The van der Waals surface area contributed by atoms with Gasteiger partial charge in [-0.2, -0.15) is 0 Å². The Hall–Kier alpha value is -1.81. The number of benzene rings is 1. The molecule has 0 aliphatic heterocycles. The van der Waals surface area contributed by atoms with E-state index < -0.39 is 6.10 Å². The summed E-state index contributed by atoms with van der Waals surface area (Å²) >= 11 is 0. The smallest absolute Gasteiger partial charge is 0.165 e. The van der Waals surface area contributed by atoms with Gasteiger partial charge in [0.1, 0.15) is 11.9 Å². The van der Waals surface area contributed by atoms with Crippen molar-refractivity contribution in [3.63, 3.8) is 0 Å². The molecule has 1 rings (SSSR count). The van der Waals surface area contributed by atoms with E-state index in [1.54, 1.807) is 19.9 Å². The third kappa shape index (κ3) is 5.05. The van der Waals surface area contributed by atoms with Crippen LogP contribution in [0.25, 0.3) is 0 Å². The normalized spacial score (nSPS) is 12.6. The first-order valence-electron chi connectivity index (χ1n) is 6.67. The summed E-state index contributed by atoms with van der Waals surface area (Å²) in [5, 5.41) is 0. The highest BCUT2D eigenvalue weighted by molar-refractivity contribution is 5.89. The lowest BCUT2D eigenvalue weighted by Gasteiger charge is -2.15. The third-order valence-electron chi connectivity index (χ3n) is 2.82. The molecule has 108 valence electrons. The number of ether oxygens (including phenoxy) is 1. The first-order chi connectivity index (χ1) is 9.58. The van der Waals surface area contributed by atoms with E-state index in [0.717, 1.165) is 0 Å². The first-order valence-corrected chi connectivity index (χ1v) is 6.67. The van der Waals surface area contributed by atoms with Crippen LogP contribution >= 0.6 is 0 Å². The number of halogens is 1. The number of allylic oxidation sites excluding steroid dienone is 1. The fourth-order valence-electron chi connectivity index (χ4n) is 1.65. The van der Waals surface area contributed by atoms with Crippen LogP contribution in [0.4, 0.5) is 4.39 Å². The van der Waals surface area contributed by atoms with Crippen molar-refractivity contribution in [2.45, 2.75) is 32.8 Å². The molecule has 0 amide bonds. The third-order valence-corrected chi connectivity index (χ3v) is 2.82. The lowest BCUT2D eigenvalue weighted by molar-refractivity contribution is -0.129. The van der Waals surface area contributed by atoms with Gasteiger partial charge in [-0.1, -0.05) is 32.1 Å². The summed E-state index contributed by atoms with van der Waals surface area (Å²) in [7, 11) is 0. The van der Waals surface area contributed by atoms with Crippen molar-refractivity contribution in [3.8, 4) is 0 Å². The number of carbonyl (C=O) groups excluding carboxylic acids is 2. The highest BCUT2D eigenvalue weighted by Gasteiger charge is 2.19. The second-order valence-electron chi connectivity index (χ2n) is 4.31. The summed E-state index contributed by atoms with van der Waals surface area (Å²) in [6.07, 6.45) is 3.08. The molecule has 1 aromatic rings. The quantitative estimate of drug-likeness (QED) is 0.684. The van der Waals surface area contributed by atoms with Crippen LogP contribution in [-0.2, 0) is 14.3 Å². The van der Waals surface area contributed by atoms with Gasteiger partial charge >= 0.3 is 0 Å². The second kappa shape index (κ2) is 8.38. The van der Waals surface area contributed by atoms with Gasteiger partial charge in [0, 0.05) is 12.8 Å². The Morgan fingerprint density at radius 3 is 2.40 bits per heavy atom. The van der Waals surface area contributed by atoms with E-state index in [2.05, 4.69) is 0 Å². The van der Waals surface area contributed by atoms with E-state index in [4.69, 9.17) is 4.74 Å². The minimum Gasteiger partial charge on any atom is -0.362 e. The summed E-state index contributed by atoms with van der Waals surface area (Å²) < 4.78 is 18.4. The maximum Gasteiger partial charge on any atom is 0.165 e. The molecule has 0 fully saturated rings. The van der Waals surface area contributed by atoms with Crippen LogP contribution in [0.3, 0.4) is 0 Å². The Bertz CT molecular complexity index is 477. The maximum atomic E-state index is 12.9. The summed E-state index contributed by atoms with van der Waals surface area (Å²) in [6, 6.07) is 5.67. The maximum absolute atomic E-state index is 12.9. The predicted octanol–water partition coefficient (Wildman–Crippen LogP) is 3.40. The molecule has 4 heteroatoms. The van der Waals surface area contributed by atoms with E-state index in [0.29, 0.717) is 18.4 Å². The van der Waals surface area contributed by atoms with E-state index in [-0.39, 0.29) is 24.0 Å². The van der Waals surface area contributed by atoms with Gasteiger partial charge in [-0.05, 0) is 23.8 Å². The standard InChI is InChI=1S/C16H19FO3/c1-3-14(18)6-5-11-20-16(15(19)4-2)12-7-9-13(17)10-8-12/h5-10,16H,3-4,11H2,1-2H3/b6-5+. The molecule has 1 aromatic carbocycles. The Labute approximate surface area is 118 Å². The Morgan fingerprint density at radius 1 is 1.20 bits per heavy atom. The van der Waals surface area contributed by atoms with Gasteiger partial charge in [0.2, 0.25) is 0 Å². The predicted molar refractivity (Wildman–Crippen MR) is 74.8 cm³/mol. The summed E-state index contributed by atoms with van der Waals surface area (Å²) in [5.74, 6) is -0.425. The molecule has 1 unspecified atom stereocenters. The average Bonchev–Trinajstić information content (AvgIpc) is 2.47. The topological polar surface area (TPSA) is 43.4 Å². The number of carbonyl (C=O) groups is 2. The SMILES string of the molecule is CCC(=O)/C=C/COC(C(=O)CC)c1ccc(F)cc1. The van der Waals surface area contributed by atoms with Crippen molar-refractivity contribution < 1.29 is 18.7 Å². The molecular weight excluding hydrogens is 259 g/mol. The van der Waals surface area contributed by atoms with Crippen molar-refractivity contribution in [1.29, 1.82) is 0 Å². The van der Waals surface area contributed by atoms with Crippen molar-refractivity contribution in [3.05, 3.63) is 47.8 Å². The summed E-state index contributed by atoms with van der Waals surface area (Å²) in [6.45, 7) is 3.69. The summed E-state index contributed by atoms with van der Waals surface area (Å²) in [4.78, 5) is 23.0.